The van der Waals surface area contributed by atoms with Crippen LogP contribution in [0.25, 0.3) is 0 Å². The van der Waals surface area contributed by atoms with Crippen molar-refractivity contribution in [1.82, 2.24) is 0 Å². The molecule has 0 spiro atoms. The smallest absolute Gasteiger partial charge is 0.142 e. The van der Waals surface area contributed by atoms with Crippen molar-refractivity contribution in [1.29, 1.82) is 0 Å². The normalized spacial score (nSPS) is 12.2. The van der Waals surface area contributed by atoms with Crippen molar-refractivity contribution in [3.63, 3.8) is 0 Å². The fourth-order valence-electron chi connectivity index (χ4n) is 1.57. The van der Waals surface area contributed by atoms with Crippen LogP contribution in [0.2, 0.25) is 5.02 Å². The second-order valence-electron chi connectivity index (χ2n) is 4.31. The van der Waals surface area contributed by atoms with Gasteiger partial charge in [0.25, 0.3) is 0 Å². The summed E-state index contributed by atoms with van der Waals surface area (Å²) in [6.07, 6.45) is 1.55. The van der Waals surface area contributed by atoms with Gasteiger partial charge in [0, 0.05) is 18.2 Å². The Kier molecular flexibility index (Phi) is 7.63. The summed E-state index contributed by atoms with van der Waals surface area (Å²) in [5.41, 5.74) is 0.766. The molecule has 1 aromatic carbocycles. The monoisotopic (exact) mass is 287 g/mol. The molecule has 0 aliphatic heterocycles. The molecule has 0 heterocycles. The van der Waals surface area contributed by atoms with Crippen molar-refractivity contribution in [3.8, 4) is 5.75 Å². The summed E-state index contributed by atoms with van der Waals surface area (Å²) in [6, 6.07) is 5.32. The topological polar surface area (TPSA) is 50.7 Å². The quantitative estimate of drug-likeness (QED) is 0.686. The van der Waals surface area contributed by atoms with Crippen LogP contribution >= 0.6 is 11.6 Å². The first-order chi connectivity index (χ1) is 9.17. The Labute approximate surface area is 119 Å². The van der Waals surface area contributed by atoms with Gasteiger partial charge in [-0.05, 0) is 24.6 Å². The number of benzene rings is 1. The van der Waals surface area contributed by atoms with Crippen LogP contribution in [0.1, 0.15) is 19.8 Å². The Hall–Kier alpha value is -0.970. The lowest BCUT2D eigenvalue weighted by molar-refractivity contribution is 0.0421. The molecule has 0 saturated carbocycles. The number of aliphatic hydroxyl groups excluding tert-OH is 1. The maximum absolute atomic E-state index is 9.78. The van der Waals surface area contributed by atoms with Gasteiger partial charge in [0.2, 0.25) is 0 Å². The molecule has 0 bridgehead atoms. The van der Waals surface area contributed by atoms with Crippen LogP contribution in [-0.4, -0.2) is 38.1 Å². The Morgan fingerprint density at radius 2 is 2.21 bits per heavy atom. The van der Waals surface area contributed by atoms with E-state index in [9.17, 15) is 5.11 Å². The number of aliphatic hydroxyl groups is 1. The fourth-order valence-corrected chi connectivity index (χ4v) is 1.74. The zero-order chi connectivity index (χ0) is 14.1. The molecule has 0 amide bonds. The van der Waals surface area contributed by atoms with E-state index in [-0.39, 0.29) is 0 Å². The molecule has 0 aromatic heterocycles. The first-order valence-electron chi connectivity index (χ1n) is 6.50. The van der Waals surface area contributed by atoms with E-state index in [0.717, 1.165) is 18.5 Å². The molecule has 1 aromatic rings. The van der Waals surface area contributed by atoms with E-state index in [2.05, 4.69) is 12.2 Å². The van der Waals surface area contributed by atoms with Crippen molar-refractivity contribution < 1.29 is 14.6 Å². The van der Waals surface area contributed by atoms with Gasteiger partial charge < -0.3 is 19.9 Å². The lowest BCUT2D eigenvalue weighted by Crippen LogP contribution is -2.25. The van der Waals surface area contributed by atoms with Crippen LogP contribution in [0.4, 0.5) is 5.69 Å². The van der Waals surface area contributed by atoms with Gasteiger partial charge >= 0.3 is 0 Å². The SMILES string of the molecule is CCCCOCC(O)CNc1cc(Cl)ccc1OC. The van der Waals surface area contributed by atoms with Gasteiger partial charge in [-0.3, -0.25) is 0 Å². The van der Waals surface area contributed by atoms with Crippen LogP contribution in [0, 0.1) is 0 Å². The van der Waals surface area contributed by atoms with Gasteiger partial charge in [-0.2, -0.15) is 0 Å². The van der Waals surface area contributed by atoms with E-state index in [1.54, 1.807) is 25.3 Å². The number of ether oxygens (including phenoxy) is 2. The molecule has 0 aliphatic carbocycles. The number of rotatable bonds is 9. The van der Waals surface area contributed by atoms with Gasteiger partial charge in [-0.1, -0.05) is 24.9 Å². The minimum Gasteiger partial charge on any atom is -0.495 e. The average Bonchev–Trinajstić information content (AvgIpc) is 2.41. The lowest BCUT2D eigenvalue weighted by Gasteiger charge is -2.15. The molecule has 108 valence electrons. The van der Waals surface area contributed by atoms with Crippen LogP contribution in [-0.2, 0) is 4.74 Å². The first kappa shape index (κ1) is 16.1. The molecule has 5 heteroatoms. The lowest BCUT2D eigenvalue weighted by atomic mass is 10.2. The van der Waals surface area contributed by atoms with Crippen LogP contribution < -0.4 is 10.1 Å². The van der Waals surface area contributed by atoms with Crippen LogP contribution in [0.3, 0.4) is 0 Å². The Morgan fingerprint density at radius 1 is 1.42 bits per heavy atom. The molecule has 0 radical (unpaired) electrons. The molecule has 1 rings (SSSR count). The Balaban J connectivity index is 2.36. The summed E-state index contributed by atoms with van der Waals surface area (Å²) >= 11 is 5.92. The number of halogens is 1. The van der Waals surface area contributed by atoms with Crippen LogP contribution in [0.15, 0.2) is 18.2 Å². The van der Waals surface area contributed by atoms with E-state index < -0.39 is 6.10 Å². The van der Waals surface area contributed by atoms with E-state index in [1.807, 2.05) is 0 Å². The van der Waals surface area contributed by atoms with Gasteiger partial charge in [0.1, 0.15) is 5.75 Å². The predicted octanol–water partition coefficient (Wildman–Crippen LogP) is 2.94. The van der Waals surface area contributed by atoms with Gasteiger partial charge in [0.05, 0.1) is 25.5 Å². The number of anilines is 1. The van der Waals surface area contributed by atoms with Crippen molar-refractivity contribution in [2.75, 3.05) is 32.2 Å². The third-order valence-electron chi connectivity index (χ3n) is 2.64. The molecule has 1 unspecified atom stereocenters. The van der Waals surface area contributed by atoms with Crippen molar-refractivity contribution in [3.05, 3.63) is 23.2 Å². The van der Waals surface area contributed by atoms with Crippen molar-refractivity contribution >= 4 is 17.3 Å². The highest BCUT2D eigenvalue weighted by Gasteiger charge is 2.07. The number of unbranched alkanes of at least 4 members (excludes halogenated alkanes) is 1. The zero-order valence-corrected chi connectivity index (χ0v) is 12.2. The molecular formula is C14H22ClNO3. The maximum Gasteiger partial charge on any atom is 0.142 e. The minimum absolute atomic E-state index is 0.329. The number of nitrogens with one attached hydrogen (secondary N) is 1. The zero-order valence-electron chi connectivity index (χ0n) is 11.5. The molecule has 0 saturated heterocycles. The van der Waals surface area contributed by atoms with Gasteiger partial charge in [-0.25, -0.2) is 0 Å². The molecule has 19 heavy (non-hydrogen) atoms. The van der Waals surface area contributed by atoms with E-state index in [4.69, 9.17) is 21.1 Å². The first-order valence-corrected chi connectivity index (χ1v) is 6.88. The Morgan fingerprint density at radius 3 is 2.89 bits per heavy atom. The van der Waals surface area contributed by atoms with Gasteiger partial charge in [0.15, 0.2) is 0 Å². The van der Waals surface area contributed by atoms with Crippen molar-refractivity contribution in [2.24, 2.45) is 0 Å². The molecule has 0 fully saturated rings. The minimum atomic E-state index is -0.555. The summed E-state index contributed by atoms with van der Waals surface area (Å²) in [6.45, 7) is 3.51. The number of hydrogen-bond donors (Lipinski definition) is 2. The average molecular weight is 288 g/mol. The third-order valence-corrected chi connectivity index (χ3v) is 2.88. The Bertz CT molecular complexity index is 374. The highest BCUT2D eigenvalue weighted by molar-refractivity contribution is 6.30. The maximum atomic E-state index is 9.78. The standard InChI is InChI=1S/C14H22ClNO3/c1-3-4-7-19-10-12(17)9-16-13-8-11(15)5-6-14(13)18-2/h5-6,8,12,16-17H,3-4,7,9-10H2,1-2H3. The van der Waals surface area contributed by atoms with Gasteiger partial charge in [-0.15, -0.1) is 0 Å². The summed E-state index contributed by atoms with van der Waals surface area (Å²) in [7, 11) is 1.60. The third kappa shape index (κ3) is 6.14. The second-order valence-corrected chi connectivity index (χ2v) is 4.74. The molecule has 2 N–H and O–H groups in total. The van der Waals surface area contributed by atoms with Crippen molar-refractivity contribution in [2.45, 2.75) is 25.9 Å². The molecule has 1 atom stereocenters. The predicted molar refractivity (Wildman–Crippen MR) is 78.2 cm³/mol. The molecular weight excluding hydrogens is 266 g/mol. The highest BCUT2D eigenvalue weighted by atomic mass is 35.5. The highest BCUT2D eigenvalue weighted by Crippen LogP contribution is 2.27. The number of methoxy groups -OCH3 is 1. The second kappa shape index (κ2) is 9.02. The summed E-state index contributed by atoms with van der Waals surface area (Å²) in [5.74, 6) is 0.698. The summed E-state index contributed by atoms with van der Waals surface area (Å²) < 4.78 is 10.6. The van der Waals surface area contributed by atoms with Crippen LogP contribution in [0.5, 0.6) is 5.75 Å². The van der Waals surface area contributed by atoms with E-state index in [1.165, 1.54) is 0 Å². The fraction of sp³-hybridized carbons (Fsp3) is 0.571. The van der Waals surface area contributed by atoms with E-state index in [0.29, 0.717) is 30.5 Å². The number of hydrogen-bond acceptors (Lipinski definition) is 4. The largest absolute Gasteiger partial charge is 0.495 e. The molecule has 4 nitrogen and oxygen atoms in total. The summed E-state index contributed by atoms with van der Waals surface area (Å²) in [4.78, 5) is 0. The summed E-state index contributed by atoms with van der Waals surface area (Å²) in [5, 5.41) is 13.5. The molecule has 0 aliphatic rings. The van der Waals surface area contributed by atoms with E-state index >= 15 is 0 Å².